The molecule has 1 nitrogen and oxygen atoms in total. The first-order valence-electron chi connectivity index (χ1n) is 5.54. The number of rotatable bonds is 2. The molecule has 0 atom stereocenters. The minimum Gasteiger partial charge on any atom is -0.206 e. The molecule has 20 heavy (non-hydrogen) atoms. The van der Waals surface area contributed by atoms with Crippen molar-refractivity contribution in [1.82, 2.24) is 0 Å². The summed E-state index contributed by atoms with van der Waals surface area (Å²) >= 11 is 8.72. The van der Waals surface area contributed by atoms with Gasteiger partial charge in [-0.15, -0.1) is 0 Å². The van der Waals surface area contributed by atoms with Crippen LogP contribution in [0.25, 0.3) is 11.6 Å². The first kappa shape index (κ1) is 14.7. The molecule has 0 amide bonds. The van der Waals surface area contributed by atoms with Crippen LogP contribution in [0.3, 0.4) is 0 Å². The predicted octanol–water partition coefficient (Wildman–Crippen LogP) is 5.44. The van der Waals surface area contributed by atoms with E-state index in [1.807, 2.05) is 6.07 Å². The molecular weight excluding hydrogens is 348 g/mol. The Balaban J connectivity index is 2.55. The zero-order valence-electron chi connectivity index (χ0n) is 10.0. The number of benzene rings is 2. The van der Waals surface area contributed by atoms with Crippen LogP contribution in [0.1, 0.15) is 11.1 Å². The Bertz CT molecular complexity index is 735. The van der Waals surface area contributed by atoms with E-state index in [0.29, 0.717) is 0 Å². The van der Waals surface area contributed by atoms with Gasteiger partial charge in [0.15, 0.2) is 0 Å². The molecule has 0 aliphatic heterocycles. The van der Waals surface area contributed by atoms with Crippen molar-refractivity contribution in [1.29, 1.82) is 5.26 Å². The second-order valence-electron chi connectivity index (χ2n) is 3.94. The third kappa shape index (κ3) is 3.06. The maximum atomic E-state index is 13.9. The Hall–Kier alpha value is -1.70. The standard InChI is InChI=1S/C15H7BrClF2N/c16-13-3-1-2-9(15(13)19)6-10(8-20)12-5-4-11(17)7-14(12)18/h1-7H. The van der Waals surface area contributed by atoms with E-state index in [0.717, 1.165) is 6.07 Å². The number of allylic oxidation sites excluding steroid dienone is 1. The Morgan fingerprint density at radius 3 is 2.65 bits per heavy atom. The first-order chi connectivity index (χ1) is 9.52. The lowest BCUT2D eigenvalue weighted by Crippen LogP contribution is -1.90. The van der Waals surface area contributed by atoms with Gasteiger partial charge in [-0.05, 0) is 46.3 Å². The van der Waals surface area contributed by atoms with Gasteiger partial charge in [-0.1, -0.05) is 23.7 Å². The van der Waals surface area contributed by atoms with Gasteiger partial charge in [-0.25, -0.2) is 8.78 Å². The van der Waals surface area contributed by atoms with Crippen LogP contribution in [0.15, 0.2) is 40.9 Å². The summed E-state index contributed by atoms with van der Waals surface area (Å²) in [4.78, 5) is 0. The van der Waals surface area contributed by atoms with Gasteiger partial charge in [0.2, 0.25) is 0 Å². The number of nitriles is 1. The van der Waals surface area contributed by atoms with E-state index in [9.17, 15) is 8.78 Å². The van der Waals surface area contributed by atoms with Crippen LogP contribution in [0, 0.1) is 23.0 Å². The van der Waals surface area contributed by atoms with Gasteiger partial charge >= 0.3 is 0 Å². The van der Waals surface area contributed by atoms with Gasteiger partial charge in [0.25, 0.3) is 0 Å². The maximum absolute atomic E-state index is 13.9. The van der Waals surface area contributed by atoms with E-state index in [-0.39, 0.29) is 26.2 Å². The number of hydrogen-bond acceptors (Lipinski definition) is 1. The predicted molar refractivity (Wildman–Crippen MR) is 79.0 cm³/mol. The van der Waals surface area contributed by atoms with Crippen LogP contribution in [0.2, 0.25) is 5.02 Å². The summed E-state index contributed by atoms with van der Waals surface area (Å²) in [6.45, 7) is 0. The average Bonchev–Trinajstić information content (AvgIpc) is 2.41. The molecular formula is C15H7BrClF2N. The number of nitrogens with zero attached hydrogens (tertiary/aromatic N) is 1. The van der Waals surface area contributed by atoms with Crippen LogP contribution < -0.4 is 0 Å². The van der Waals surface area contributed by atoms with E-state index in [1.54, 1.807) is 12.1 Å². The highest BCUT2D eigenvalue weighted by molar-refractivity contribution is 9.10. The summed E-state index contributed by atoms with van der Waals surface area (Å²) in [6, 6.07) is 10.5. The number of halogens is 4. The van der Waals surface area contributed by atoms with Gasteiger partial charge < -0.3 is 0 Å². The van der Waals surface area contributed by atoms with Gasteiger partial charge in [-0.2, -0.15) is 5.26 Å². The minimum atomic E-state index is -0.624. The van der Waals surface area contributed by atoms with Crippen molar-refractivity contribution in [2.75, 3.05) is 0 Å². The molecule has 0 saturated carbocycles. The van der Waals surface area contributed by atoms with E-state index in [4.69, 9.17) is 16.9 Å². The van der Waals surface area contributed by atoms with Crippen molar-refractivity contribution in [2.45, 2.75) is 0 Å². The summed E-state index contributed by atoms with van der Waals surface area (Å²) in [7, 11) is 0. The Morgan fingerprint density at radius 1 is 1.25 bits per heavy atom. The largest absolute Gasteiger partial charge is 0.206 e. The molecule has 2 rings (SSSR count). The molecule has 0 saturated heterocycles. The topological polar surface area (TPSA) is 23.8 Å². The van der Waals surface area contributed by atoms with Crippen molar-refractivity contribution < 1.29 is 8.78 Å². The van der Waals surface area contributed by atoms with Gasteiger partial charge in [0.1, 0.15) is 11.6 Å². The molecule has 0 fully saturated rings. The summed E-state index contributed by atoms with van der Waals surface area (Å²) < 4.78 is 27.9. The van der Waals surface area contributed by atoms with E-state index >= 15 is 0 Å². The molecule has 2 aromatic rings. The quantitative estimate of drug-likeness (QED) is 0.520. The molecule has 0 N–H and O–H groups in total. The van der Waals surface area contributed by atoms with Crippen LogP contribution in [0.5, 0.6) is 0 Å². The smallest absolute Gasteiger partial charge is 0.144 e. The van der Waals surface area contributed by atoms with Crippen LogP contribution in [0.4, 0.5) is 8.78 Å². The normalized spacial score (nSPS) is 11.2. The molecule has 0 aliphatic carbocycles. The summed E-state index contributed by atoms with van der Waals surface area (Å²) in [5, 5.41) is 9.38. The molecule has 0 bridgehead atoms. The van der Waals surface area contributed by atoms with Gasteiger partial charge in [-0.3, -0.25) is 0 Å². The monoisotopic (exact) mass is 353 g/mol. The highest BCUT2D eigenvalue weighted by Crippen LogP contribution is 2.26. The Morgan fingerprint density at radius 2 is 2.00 bits per heavy atom. The molecule has 100 valence electrons. The van der Waals surface area contributed by atoms with Crippen LogP contribution in [-0.4, -0.2) is 0 Å². The maximum Gasteiger partial charge on any atom is 0.144 e. The van der Waals surface area contributed by atoms with E-state index < -0.39 is 11.6 Å². The van der Waals surface area contributed by atoms with E-state index in [1.165, 1.54) is 24.3 Å². The van der Waals surface area contributed by atoms with Gasteiger partial charge in [0.05, 0.1) is 16.1 Å². The van der Waals surface area contributed by atoms with Crippen molar-refractivity contribution >= 4 is 39.2 Å². The van der Waals surface area contributed by atoms with Crippen molar-refractivity contribution in [3.05, 3.63) is 68.7 Å². The SMILES string of the molecule is N#CC(=Cc1cccc(Br)c1F)c1ccc(Cl)cc1F. The highest BCUT2D eigenvalue weighted by Gasteiger charge is 2.10. The van der Waals surface area contributed by atoms with Crippen molar-refractivity contribution in [3.8, 4) is 6.07 Å². The summed E-state index contributed by atoms with van der Waals surface area (Å²) in [5.74, 6) is -1.13. The molecule has 0 heterocycles. The van der Waals surface area contributed by atoms with E-state index in [2.05, 4.69) is 15.9 Å². The third-order valence-corrected chi connectivity index (χ3v) is 3.47. The fourth-order valence-electron chi connectivity index (χ4n) is 1.67. The fraction of sp³-hybridized carbons (Fsp3) is 0. The Labute approximate surface area is 128 Å². The molecule has 2 aromatic carbocycles. The second kappa shape index (κ2) is 6.17. The van der Waals surface area contributed by atoms with Gasteiger partial charge in [0, 0.05) is 16.1 Å². The third-order valence-electron chi connectivity index (χ3n) is 2.62. The van der Waals surface area contributed by atoms with Crippen LogP contribution >= 0.6 is 27.5 Å². The Kier molecular flexibility index (Phi) is 4.53. The molecule has 0 radical (unpaired) electrons. The first-order valence-corrected chi connectivity index (χ1v) is 6.71. The summed E-state index contributed by atoms with van der Waals surface area (Å²) in [5.41, 5.74) is 0.303. The average molecular weight is 355 g/mol. The van der Waals surface area contributed by atoms with Crippen molar-refractivity contribution in [2.24, 2.45) is 0 Å². The molecule has 5 heteroatoms. The lowest BCUT2D eigenvalue weighted by Gasteiger charge is -2.04. The lowest BCUT2D eigenvalue weighted by atomic mass is 10.0. The van der Waals surface area contributed by atoms with Crippen LogP contribution in [-0.2, 0) is 0 Å². The fourth-order valence-corrected chi connectivity index (χ4v) is 2.21. The van der Waals surface area contributed by atoms with Crippen molar-refractivity contribution in [3.63, 3.8) is 0 Å². The zero-order valence-corrected chi connectivity index (χ0v) is 12.3. The molecule has 0 aliphatic rings. The zero-order chi connectivity index (χ0) is 14.7. The molecule has 0 unspecified atom stereocenters. The minimum absolute atomic E-state index is 0.0242. The molecule has 0 aromatic heterocycles. The summed E-state index contributed by atoms with van der Waals surface area (Å²) in [6.07, 6.45) is 1.30. The number of hydrogen-bond donors (Lipinski definition) is 0. The lowest BCUT2D eigenvalue weighted by molar-refractivity contribution is 0.618. The molecule has 0 spiro atoms. The second-order valence-corrected chi connectivity index (χ2v) is 5.23. The highest BCUT2D eigenvalue weighted by atomic mass is 79.9.